The largest absolute Gasteiger partial charge is 0.309 e. The Morgan fingerprint density at radius 3 is 2.83 bits per heavy atom. The lowest BCUT2D eigenvalue weighted by Gasteiger charge is -2.30. The van der Waals surface area contributed by atoms with Crippen molar-refractivity contribution in [3.8, 4) is 0 Å². The molecule has 1 aromatic heterocycles. The lowest BCUT2D eigenvalue weighted by Crippen LogP contribution is -2.28. The first-order valence-electron chi connectivity index (χ1n) is 7.60. The molecule has 1 aliphatic carbocycles. The van der Waals surface area contributed by atoms with Gasteiger partial charge in [-0.05, 0) is 37.8 Å². The number of hydrogen-bond donors (Lipinski definition) is 1. The molecule has 0 amide bonds. The van der Waals surface area contributed by atoms with E-state index in [1.165, 1.54) is 37.8 Å². The van der Waals surface area contributed by atoms with E-state index in [0.29, 0.717) is 6.04 Å². The van der Waals surface area contributed by atoms with E-state index in [4.69, 9.17) is 0 Å². The molecule has 1 aliphatic rings. The van der Waals surface area contributed by atoms with E-state index in [-0.39, 0.29) is 0 Å². The molecule has 1 saturated carbocycles. The van der Waals surface area contributed by atoms with Gasteiger partial charge in [0, 0.05) is 18.8 Å². The molecule has 3 heteroatoms. The smallest absolute Gasteiger partial charge is 0.0553 e. The van der Waals surface area contributed by atoms with Gasteiger partial charge in [-0.2, -0.15) is 5.10 Å². The molecule has 102 valence electrons. The summed E-state index contributed by atoms with van der Waals surface area (Å²) < 4.78 is 2.19. The van der Waals surface area contributed by atoms with Gasteiger partial charge in [0.2, 0.25) is 0 Å². The highest BCUT2D eigenvalue weighted by atomic mass is 15.3. The van der Waals surface area contributed by atoms with Crippen LogP contribution >= 0.6 is 0 Å². The Morgan fingerprint density at radius 2 is 2.22 bits per heavy atom. The molecular formula is C15H27N3. The molecule has 1 atom stereocenters. The molecule has 0 aliphatic heterocycles. The fourth-order valence-electron chi connectivity index (χ4n) is 2.73. The van der Waals surface area contributed by atoms with Crippen LogP contribution in [0.3, 0.4) is 0 Å². The van der Waals surface area contributed by atoms with Gasteiger partial charge in [0.1, 0.15) is 0 Å². The van der Waals surface area contributed by atoms with Crippen molar-refractivity contribution in [3.05, 3.63) is 18.0 Å². The molecule has 0 aromatic carbocycles. The standard InChI is InChI=1S/C15H27N3/c1-3-9-16-14(12-13-6-5-7-13)15-8-10-17-18(15)11-4-2/h8,10,13-14,16H,3-7,9,11-12H2,1-2H3. The molecule has 1 fully saturated rings. The average molecular weight is 249 g/mol. The maximum absolute atomic E-state index is 4.46. The molecule has 0 bridgehead atoms. The predicted molar refractivity (Wildman–Crippen MR) is 75.5 cm³/mol. The van der Waals surface area contributed by atoms with Crippen molar-refractivity contribution in [2.75, 3.05) is 6.54 Å². The average Bonchev–Trinajstić information content (AvgIpc) is 2.76. The second kappa shape index (κ2) is 6.93. The summed E-state index contributed by atoms with van der Waals surface area (Å²) in [5, 5.41) is 8.17. The maximum Gasteiger partial charge on any atom is 0.0553 e. The number of nitrogens with one attached hydrogen (secondary N) is 1. The Hall–Kier alpha value is -0.830. The highest BCUT2D eigenvalue weighted by Gasteiger charge is 2.24. The lowest BCUT2D eigenvalue weighted by molar-refractivity contribution is 0.255. The van der Waals surface area contributed by atoms with Gasteiger partial charge in [0.05, 0.1) is 5.69 Å². The molecule has 1 aromatic rings. The minimum atomic E-state index is 0.504. The van der Waals surface area contributed by atoms with Crippen molar-refractivity contribution in [2.45, 2.75) is 65.0 Å². The Morgan fingerprint density at radius 1 is 1.39 bits per heavy atom. The van der Waals surface area contributed by atoms with Crippen molar-refractivity contribution in [3.63, 3.8) is 0 Å². The Balaban J connectivity index is 2.02. The summed E-state index contributed by atoms with van der Waals surface area (Å²) in [6.07, 6.45) is 9.86. The van der Waals surface area contributed by atoms with E-state index in [1.807, 2.05) is 6.20 Å². The summed E-state index contributed by atoms with van der Waals surface area (Å²) in [5.74, 6) is 0.935. The quantitative estimate of drug-likeness (QED) is 0.764. The highest BCUT2D eigenvalue weighted by Crippen LogP contribution is 2.34. The number of aryl methyl sites for hydroxylation is 1. The third-order valence-electron chi connectivity index (χ3n) is 3.98. The van der Waals surface area contributed by atoms with Gasteiger partial charge < -0.3 is 5.32 Å². The second-order valence-electron chi connectivity index (χ2n) is 5.52. The van der Waals surface area contributed by atoms with Crippen molar-refractivity contribution in [1.29, 1.82) is 0 Å². The zero-order valence-corrected chi connectivity index (χ0v) is 11.9. The van der Waals surface area contributed by atoms with Gasteiger partial charge in [-0.1, -0.05) is 33.1 Å². The van der Waals surface area contributed by atoms with Crippen LogP contribution in [0.25, 0.3) is 0 Å². The van der Waals surface area contributed by atoms with Crippen LogP contribution in [0.1, 0.15) is 64.1 Å². The van der Waals surface area contributed by atoms with Crippen molar-refractivity contribution >= 4 is 0 Å². The number of hydrogen-bond acceptors (Lipinski definition) is 2. The van der Waals surface area contributed by atoms with Crippen LogP contribution in [0.15, 0.2) is 12.3 Å². The summed E-state index contributed by atoms with van der Waals surface area (Å²) in [6, 6.07) is 2.70. The molecular weight excluding hydrogens is 222 g/mol. The second-order valence-corrected chi connectivity index (χ2v) is 5.52. The zero-order valence-electron chi connectivity index (χ0n) is 11.9. The van der Waals surface area contributed by atoms with Crippen molar-refractivity contribution < 1.29 is 0 Å². The minimum Gasteiger partial charge on any atom is -0.309 e. The third-order valence-corrected chi connectivity index (χ3v) is 3.98. The van der Waals surface area contributed by atoms with E-state index >= 15 is 0 Å². The van der Waals surface area contributed by atoms with Crippen molar-refractivity contribution in [1.82, 2.24) is 15.1 Å². The van der Waals surface area contributed by atoms with Crippen molar-refractivity contribution in [2.24, 2.45) is 5.92 Å². The monoisotopic (exact) mass is 249 g/mol. The fraction of sp³-hybridized carbons (Fsp3) is 0.800. The maximum atomic E-state index is 4.46. The van der Waals surface area contributed by atoms with E-state index in [0.717, 1.165) is 25.4 Å². The van der Waals surface area contributed by atoms with E-state index < -0.39 is 0 Å². The van der Waals surface area contributed by atoms with Crippen LogP contribution in [0, 0.1) is 5.92 Å². The summed E-state index contributed by atoms with van der Waals surface area (Å²) >= 11 is 0. The summed E-state index contributed by atoms with van der Waals surface area (Å²) in [5.41, 5.74) is 1.39. The first-order chi connectivity index (χ1) is 8.85. The van der Waals surface area contributed by atoms with Gasteiger partial charge in [-0.15, -0.1) is 0 Å². The topological polar surface area (TPSA) is 29.9 Å². The summed E-state index contributed by atoms with van der Waals surface area (Å²) in [6.45, 7) is 6.59. The first-order valence-corrected chi connectivity index (χ1v) is 7.60. The summed E-state index contributed by atoms with van der Waals surface area (Å²) in [7, 11) is 0. The Bertz CT molecular complexity index is 341. The molecule has 2 rings (SSSR count). The normalized spacial score (nSPS) is 17.7. The number of nitrogens with zero attached hydrogens (tertiary/aromatic N) is 2. The van der Waals surface area contributed by atoms with E-state index in [2.05, 4.69) is 35.0 Å². The molecule has 1 N–H and O–H groups in total. The minimum absolute atomic E-state index is 0.504. The first kappa shape index (κ1) is 13.6. The van der Waals surface area contributed by atoms with Crippen LogP contribution in [0.4, 0.5) is 0 Å². The number of rotatable bonds is 8. The Kier molecular flexibility index (Phi) is 5.24. The highest BCUT2D eigenvalue weighted by molar-refractivity contribution is 5.07. The SMILES string of the molecule is CCCNC(CC1CCC1)c1ccnn1CCC. The molecule has 1 heterocycles. The molecule has 0 radical (unpaired) electrons. The van der Waals surface area contributed by atoms with Crippen LogP contribution in [-0.2, 0) is 6.54 Å². The van der Waals surface area contributed by atoms with Gasteiger partial charge in [0.25, 0.3) is 0 Å². The van der Waals surface area contributed by atoms with Crippen LogP contribution in [-0.4, -0.2) is 16.3 Å². The number of aromatic nitrogens is 2. The zero-order chi connectivity index (χ0) is 12.8. The van der Waals surface area contributed by atoms with E-state index in [1.54, 1.807) is 0 Å². The predicted octanol–water partition coefficient (Wildman–Crippen LogP) is 3.52. The van der Waals surface area contributed by atoms with Gasteiger partial charge >= 0.3 is 0 Å². The van der Waals surface area contributed by atoms with Gasteiger partial charge in [-0.25, -0.2) is 0 Å². The lowest BCUT2D eigenvalue weighted by atomic mass is 9.80. The van der Waals surface area contributed by atoms with Gasteiger partial charge in [0.15, 0.2) is 0 Å². The molecule has 0 saturated heterocycles. The van der Waals surface area contributed by atoms with Crippen LogP contribution < -0.4 is 5.32 Å². The summed E-state index contributed by atoms with van der Waals surface area (Å²) in [4.78, 5) is 0. The molecule has 1 unspecified atom stereocenters. The molecule has 18 heavy (non-hydrogen) atoms. The van der Waals surface area contributed by atoms with Crippen LogP contribution in [0.5, 0.6) is 0 Å². The van der Waals surface area contributed by atoms with Gasteiger partial charge in [-0.3, -0.25) is 4.68 Å². The Labute approximate surface area is 111 Å². The molecule has 0 spiro atoms. The molecule has 3 nitrogen and oxygen atoms in total. The fourth-order valence-corrected chi connectivity index (χ4v) is 2.73. The van der Waals surface area contributed by atoms with E-state index in [9.17, 15) is 0 Å². The third kappa shape index (κ3) is 3.35. The van der Waals surface area contributed by atoms with Crippen LogP contribution in [0.2, 0.25) is 0 Å².